The first-order valence-corrected chi connectivity index (χ1v) is 8.36. The van der Waals surface area contributed by atoms with Crippen molar-refractivity contribution in [2.75, 3.05) is 13.1 Å². The third kappa shape index (κ3) is 4.68. The molecule has 1 fully saturated rings. The third-order valence-corrected chi connectivity index (χ3v) is 4.03. The third-order valence-electron chi connectivity index (χ3n) is 4.03. The van der Waals surface area contributed by atoms with E-state index in [1.807, 2.05) is 30.3 Å². The molecule has 1 aliphatic rings. The van der Waals surface area contributed by atoms with Crippen molar-refractivity contribution in [1.29, 1.82) is 0 Å². The zero-order chi connectivity index (χ0) is 16.8. The number of hydrogen-bond acceptors (Lipinski definition) is 3. The Morgan fingerprint density at radius 1 is 1.08 bits per heavy atom. The van der Waals surface area contributed by atoms with E-state index >= 15 is 0 Å². The smallest absolute Gasteiger partial charge is 0.314 e. The molecule has 0 spiro atoms. The number of aromatic nitrogens is 2. The van der Waals surface area contributed by atoms with Crippen molar-refractivity contribution < 1.29 is 4.79 Å². The molecule has 1 aliphatic carbocycles. The number of nitrogens with one attached hydrogen (secondary N) is 2. The van der Waals surface area contributed by atoms with Crippen molar-refractivity contribution in [3.63, 3.8) is 0 Å². The van der Waals surface area contributed by atoms with Crippen LogP contribution in [0.2, 0.25) is 0 Å². The van der Waals surface area contributed by atoms with Gasteiger partial charge in [-0.2, -0.15) is 5.10 Å². The molecule has 0 aliphatic heterocycles. The highest BCUT2D eigenvalue weighted by Crippen LogP contribution is 2.38. The van der Waals surface area contributed by atoms with Crippen molar-refractivity contribution in [1.82, 2.24) is 20.4 Å². The van der Waals surface area contributed by atoms with E-state index in [0.29, 0.717) is 25.6 Å². The van der Waals surface area contributed by atoms with Gasteiger partial charge in [0.05, 0.1) is 12.2 Å². The summed E-state index contributed by atoms with van der Waals surface area (Å²) in [5, 5.41) is 9.94. The molecule has 0 atom stereocenters. The summed E-state index contributed by atoms with van der Waals surface area (Å²) in [5.74, 6) is 0.506. The summed E-state index contributed by atoms with van der Waals surface area (Å²) in [5.41, 5.74) is 2.03. The predicted molar refractivity (Wildman–Crippen MR) is 92.0 cm³/mol. The van der Waals surface area contributed by atoms with Crippen LogP contribution in [0.4, 0.5) is 4.79 Å². The molecular formula is C18H22N4O2. The molecule has 24 heavy (non-hydrogen) atoms. The molecule has 2 N–H and O–H groups in total. The molecule has 0 bridgehead atoms. The Morgan fingerprint density at radius 3 is 2.58 bits per heavy atom. The van der Waals surface area contributed by atoms with Crippen LogP contribution < -0.4 is 16.2 Å². The fraction of sp³-hybridized carbons (Fsp3) is 0.389. The summed E-state index contributed by atoms with van der Waals surface area (Å²) in [6, 6.07) is 13.1. The lowest BCUT2D eigenvalue weighted by Gasteiger charge is -2.09. The zero-order valence-electron chi connectivity index (χ0n) is 13.6. The lowest BCUT2D eigenvalue weighted by molar-refractivity contribution is 0.240. The summed E-state index contributed by atoms with van der Waals surface area (Å²) in [6.45, 7) is 1.33. The van der Waals surface area contributed by atoms with E-state index in [4.69, 9.17) is 0 Å². The molecule has 126 valence electrons. The molecule has 1 aromatic heterocycles. The number of rotatable bonds is 7. The van der Waals surface area contributed by atoms with Gasteiger partial charge >= 0.3 is 6.03 Å². The molecule has 0 saturated heterocycles. The van der Waals surface area contributed by atoms with Gasteiger partial charge in [-0.25, -0.2) is 9.48 Å². The molecule has 6 nitrogen and oxygen atoms in total. The fourth-order valence-electron chi connectivity index (χ4n) is 2.52. The average molecular weight is 326 g/mol. The van der Waals surface area contributed by atoms with Gasteiger partial charge in [0.1, 0.15) is 0 Å². The summed E-state index contributed by atoms with van der Waals surface area (Å²) in [4.78, 5) is 23.6. The van der Waals surface area contributed by atoms with Crippen molar-refractivity contribution in [2.24, 2.45) is 0 Å². The number of urea groups is 1. The van der Waals surface area contributed by atoms with E-state index in [-0.39, 0.29) is 11.6 Å². The van der Waals surface area contributed by atoms with Crippen molar-refractivity contribution >= 4 is 6.03 Å². The fourth-order valence-corrected chi connectivity index (χ4v) is 2.52. The van der Waals surface area contributed by atoms with Crippen LogP contribution in [-0.2, 0) is 13.0 Å². The van der Waals surface area contributed by atoms with Gasteiger partial charge in [-0.05, 0) is 30.9 Å². The minimum atomic E-state index is -0.225. The minimum absolute atomic E-state index is 0.134. The normalized spacial score (nSPS) is 13.5. The Hall–Kier alpha value is -2.63. The highest BCUT2D eigenvalue weighted by atomic mass is 16.2. The molecule has 2 aromatic rings. The second-order valence-electron chi connectivity index (χ2n) is 6.01. The van der Waals surface area contributed by atoms with Crippen LogP contribution in [-0.4, -0.2) is 28.9 Å². The zero-order valence-corrected chi connectivity index (χ0v) is 13.6. The van der Waals surface area contributed by atoms with Crippen LogP contribution >= 0.6 is 0 Å². The first-order valence-electron chi connectivity index (χ1n) is 8.36. The number of benzene rings is 1. The van der Waals surface area contributed by atoms with Gasteiger partial charge in [0.25, 0.3) is 5.56 Å². The van der Waals surface area contributed by atoms with Gasteiger partial charge in [-0.3, -0.25) is 4.79 Å². The topological polar surface area (TPSA) is 76.0 Å². The van der Waals surface area contributed by atoms with Gasteiger partial charge in [0, 0.05) is 25.1 Å². The number of hydrogen-bond donors (Lipinski definition) is 2. The maximum absolute atomic E-state index is 11.8. The lowest BCUT2D eigenvalue weighted by Crippen LogP contribution is -2.39. The Balaban J connectivity index is 1.39. The number of nitrogens with zero attached hydrogens (tertiary/aromatic N) is 2. The van der Waals surface area contributed by atoms with Crippen LogP contribution in [0.1, 0.15) is 30.0 Å². The monoisotopic (exact) mass is 326 g/mol. The first-order chi connectivity index (χ1) is 11.7. The Morgan fingerprint density at radius 2 is 1.83 bits per heavy atom. The summed E-state index contributed by atoms with van der Waals surface area (Å²) < 4.78 is 1.43. The van der Waals surface area contributed by atoms with Gasteiger partial charge in [-0.1, -0.05) is 30.3 Å². The minimum Gasteiger partial charge on any atom is -0.338 e. The van der Waals surface area contributed by atoms with Gasteiger partial charge in [-0.15, -0.1) is 0 Å². The standard InChI is InChI=1S/C18H22N4O2/c23-17-9-8-16(15-6-7-15)21-22(17)13-12-20-18(24)19-11-10-14-4-2-1-3-5-14/h1-5,8-9,15H,6-7,10-13H2,(H2,19,20,24). The van der Waals surface area contributed by atoms with Gasteiger partial charge in [0.2, 0.25) is 0 Å². The SMILES string of the molecule is O=C(NCCc1ccccc1)NCCn1nc(C2CC2)ccc1=O. The average Bonchev–Trinajstić information content (AvgIpc) is 3.42. The van der Waals surface area contributed by atoms with Gasteiger partial charge in [0.15, 0.2) is 0 Å². The number of carbonyl (C=O) groups is 1. The molecular weight excluding hydrogens is 304 g/mol. The van der Waals surface area contributed by atoms with Crippen LogP contribution in [0.3, 0.4) is 0 Å². The quantitative estimate of drug-likeness (QED) is 0.812. The Labute approximate surface area is 140 Å². The van der Waals surface area contributed by atoms with E-state index in [1.165, 1.54) is 10.2 Å². The van der Waals surface area contributed by atoms with E-state index in [2.05, 4.69) is 15.7 Å². The summed E-state index contributed by atoms with van der Waals surface area (Å²) in [7, 11) is 0. The van der Waals surface area contributed by atoms with E-state index < -0.39 is 0 Å². The number of amides is 2. The molecule has 1 heterocycles. The van der Waals surface area contributed by atoms with E-state index in [0.717, 1.165) is 25.0 Å². The summed E-state index contributed by atoms with van der Waals surface area (Å²) >= 11 is 0. The molecule has 3 rings (SSSR count). The van der Waals surface area contributed by atoms with Crippen LogP contribution in [0.5, 0.6) is 0 Å². The predicted octanol–water partition coefficient (Wildman–Crippen LogP) is 1.66. The molecule has 0 radical (unpaired) electrons. The first kappa shape index (κ1) is 16.2. The van der Waals surface area contributed by atoms with Crippen LogP contribution in [0.15, 0.2) is 47.3 Å². The largest absolute Gasteiger partial charge is 0.338 e. The van der Waals surface area contributed by atoms with E-state index in [1.54, 1.807) is 12.1 Å². The molecule has 6 heteroatoms. The van der Waals surface area contributed by atoms with Gasteiger partial charge < -0.3 is 10.6 Å². The second kappa shape index (κ2) is 7.77. The highest BCUT2D eigenvalue weighted by molar-refractivity contribution is 5.73. The second-order valence-corrected chi connectivity index (χ2v) is 6.01. The maximum Gasteiger partial charge on any atom is 0.314 e. The van der Waals surface area contributed by atoms with Crippen LogP contribution in [0, 0.1) is 0 Å². The maximum atomic E-state index is 11.8. The highest BCUT2D eigenvalue weighted by Gasteiger charge is 2.25. The molecule has 1 aromatic carbocycles. The van der Waals surface area contributed by atoms with Crippen LogP contribution in [0.25, 0.3) is 0 Å². The summed E-state index contributed by atoms with van der Waals surface area (Å²) in [6.07, 6.45) is 3.08. The Bertz CT molecular complexity index is 738. The Kier molecular flexibility index (Phi) is 5.25. The van der Waals surface area contributed by atoms with Crippen molar-refractivity contribution in [2.45, 2.75) is 31.7 Å². The van der Waals surface area contributed by atoms with E-state index in [9.17, 15) is 9.59 Å². The molecule has 0 unspecified atom stereocenters. The van der Waals surface area contributed by atoms with Crippen molar-refractivity contribution in [3.05, 3.63) is 64.1 Å². The van der Waals surface area contributed by atoms with Crippen molar-refractivity contribution in [3.8, 4) is 0 Å². The number of carbonyl (C=O) groups excluding carboxylic acids is 1. The lowest BCUT2D eigenvalue weighted by atomic mass is 10.1. The molecule has 2 amide bonds. The molecule has 1 saturated carbocycles.